The van der Waals surface area contributed by atoms with Gasteiger partial charge in [-0.3, -0.25) is 9.59 Å². The number of nitrogens with zero attached hydrogens (tertiary/aromatic N) is 1. The third kappa shape index (κ3) is 4.46. The number of benzene rings is 4. The molecule has 0 saturated heterocycles. The first-order valence-electron chi connectivity index (χ1n) is 11.7. The van der Waals surface area contributed by atoms with Crippen LogP contribution in [0.4, 0.5) is 0 Å². The van der Waals surface area contributed by atoms with Gasteiger partial charge in [-0.25, -0.2) is 0 Å². The van der Waals surface area contributed by atoms with Gasteiger partial charge in [0.1, 0.15) is 12.1 Å². The minimum Gasteiger partial charge on any atom is -0.386 e. The van der Waals surface area contributed by atoms with Gasteiger partial charge in [0.05, 0.1) is 6.04 Å². The highest BCUT2D eigenvalue weighted by atomic mass is 16.3. The van der Waals surface area contributed by atoms with E-state index in [0.29, 0.717) is 23.2 Å². The smallest absolute Gasteiger partial charge is 0.255 e. The van der Waals surface area contributed by atoms with E-state index >= 15 is 0 Å². The molecule has 5 nitrogen and oxygen atoms in total. The Morgan fingerprint density at radius 1 is 0.771 bits per heavy atom. The Bertz CT molecular complexity index is 1310. The summed E-state index contributed by atoms with van der Waals surface area (Å²) in [5.74, 6) is -0.558. The molecule has 0 spiro atoms. The molecule has 4 aromatic carbocycles. The van der Waals surface area contributed by atoms with Crippen LogP contribution in [-0.2, 0) is 11.3 Å². The average molecular weight is 463 g/mol. The van der Waals surface area contributed by atoms with Crippen molar-refractivity contribution in [2.24, 2.45) is 0 Å². The van der Waals surface area contributed by atoms with Crippen LogP contribution in [0, 0.1) is 0 Å². The summed E-state index contributed by atoms with van der Waals surface area (Å²) in [5.41, 5.74) is 3.52. The van der Waals surface area contributed by atoms with E-state index < -0.39 is 18.2 Å². The lowest BCUT2D eigenvalue weighted by Gasteiger charge is -2.36. The van der Waals surface area contributed by atoms with Gasteiger partial charge in [0, 0.05) is 12.1 Å². The normalized spacial score (nSPS) is 16.4. The van der Waals surface area contributed by atoms with Crippen LogP contribution in [0.5, 0.6) is 0 Å². The van der Waals surface area contributed by atoms with Gasteiger partial charge in [-0.15, -0.1) is 0 Å². The molecule has 0 saturated carbocycles. The molecule has 0 fully saturated rings. The first-order chi connectivity index (χ1) is 17.1. The zero-order valence-electron chi connectivity index (χ0n) is 19.1. The Kier molecular flexibility index (Phi) is 6.42. The van der Waals surface area contributed by atoms with Gasteiger partial charge in [-0.05, 0) is 28.3 Å². The number of carbonyl (C=O) groups excluding carboxylic acids is 2. The summed E-state index contributed by atoms with van der Waals surface area (Å²) in [6, 6.07) is 33.9. The van der Waals surface area contributed by atoms with Crippen molar-refractivity contribution >= 4 is 11.8 Å². The summed E-state index contributed by atoms with van der Waals surface area (Å²) in [5, 5.41) is 14.6. The van der Waals surface area contributed by atoms with Crippen molar-refractivity contribution in [2.75, 3.05) is 0 Å². The van der Waals surface area contributed by atoms with E-state index in [0.717, 1.165) is 11.1 Å². The van der Waals surface area contributed by atoms with Crippen molar-refractivity contribution in [3.63, 3.8) is 0 Å². The molecular weight excluding hydrogens is 436 g/mol. The number of fused-ring (bicyclic) bond motifs is 1. The molecule has 1 aliphatic heterocycles. The first kappa shape index (κ1) is 22.6. The highest BCUT2D eigenvalue weighted by molar-refractivity contribution is 6.05. The van der Waals surface area contributed by atoms with Crippen molar-refractivity contribution in [1.82, 2.24) is 10.2 Å². The second kappa shape index (κ2) is 9.95. The van der Waals surface area contributed by atoms with Gasteiger partial charge in [0.25, 0.3) is 5.91 Å². The van der Waals surface area contributed by atoms with E-state index in [9.17, 15) is 14.7 Å². The molecule has 0 radical (unpaired) electrons. The SMILES string of the molecule is O=C(NCc1ccccc1)C1c2ccccc2C(=O)N1C(c1ccccc1)[C@H](O)c1ccccc1. The standard InChI is InChI=1S/C30H26N2O3/c33-28(23-16-8-3-9-17-23)26(22-14-6-2-7-15-22)32-27(24-18-10-11-19-25(24)30(32)35)29(34)31-20-21-12-4-1-5-13-21/h1-19,26-28,33H,20H2,(H,31,34)/t26?,27?,28-/m1/s1. The molecular formula is C30H26N2O3. The quantitative estimate of drug-likeness (QED) is 0.407. The van der Waals surface area contributed by atoms with E-state index in [4.69, 9.17) is 0 Å². The molecule has 5 rings (SSSR count). The van der Waals surface area contributed by atoms with Crippen molar-refractivity contribution in [2.45, 2.75) is 24.7 Å². The van der Waals surface area contributed by atoms with Gasteiger partial charge in [-0.1, -0.05) is 109 Å². The molecule has 174 valence electrons. The van der Waals surface area contributed by atoms with Crippen molar-refractivity contribution in [1.29, 1.82) is 0 Å². The monoisotopic (exact) mass is 462 g/mol. The first-order valence-corrected chi connectivity index (χ1v) is 11.7. The van der Waals surface area contributed by atoms with Gasteiger partial charge in [0.15, 0.2) is 0 Å². The van der Waals surface area contributed by atoms with E-state index in [1.165, 1.54) is 4.90 Å². The van der Waals surface area contributed by atoms with E-state index in [1.807, 2.05) is 103 Å². The molecule has 0 aliphatic carbocycles. The molecule has 1 heterocycles. The van der Waals surface area contributed by atoms with Crippen LogP contribution in [0.3, 0.4) is 0 Å². The predicted molar refractivity (Wildman–Crippen MR) is 134 cm³/mol. The molecule has 0 bridgehead atoms. The summed E-state index contributed by atoms with van der Waals surface area (Å²) < 4.78 is 0. The number of aliphatic hydroxyl groups excluding tert-OH is 1. The zero-order valence-corrected chi connectivity index (χ0v) is 19.1. The molecule has 35 heavy (non-hydrogen) atoms. The van der Waals surface area contributed by atoms with Crippen molar-refractivity contribution in [3.8, 4) is 0 Å². The van der Waals surface area contributed by atoms with Crippen molar-refractivity contribution < 1.29 is 14.7 Å². The lowest BCUT2D eigenvalue weighted by atomic mass is 9.93. The number of hydrogen-bond donors (Lipinski definition) is 2. The highest BCUT2D eigenvalue weighted by Gasteiger charge is 2.47. The van der Waals surface area contributed by atoms with Crippen LogP contribution < -0.4 is 5.32 Å². The number of nitrogens with one attached hydrogen (secondary N) is 1. The fraction of sp³-hybridized carbons (Fsp3) is 0.133. The number of aliphatic hydroxyl groups is 1. The Balaban J connectivity index is 1.56. The van der Waals surface area contributed by atoms with E-state index in [-0.39, 0.29) is 11.8 Å². The predicted octanol–water partition coefficient (Wildman–Crippen LogP) is 4.97. The Labute approximate surface area is 204 Å². The molecule has 2 unspecified atom stereocenters. The average Bonchev–Trinajstić information content (AvgIpc) is 3.21. The van der Waals surface area contributed by atoms with Crippen LogP contribution in [0.2, 0.25) is 0 Å². The molecule has 4 aromatic rings. The second-order valence-electron chi connectivity index (χ2n) is 8.62. The Hall–Kier alpha value is -4.22. The maximum Gasteiger partial charge on any atom is 0.255 e. The summed E-state index contributed by atoms with van der Waals surface area (Å²) in [4.78, 5) is 29.0. The molecule has 2 N–H and O–H groups in total. The molecule has 5 heteroatoms. The van der Waals surface area contributed by atoms with Gasteiger partial charge < -0.3 is 15.3 Å². The van der Waals surface area contributed by atoms with Crippen LogP contribution in [0.25, 0.3) is 0 Å². The third-order valence-corrected chi connectivity index (χ3v) is 6.44. The summed E-state index contributed by atoms with van der Waals surface area (Å²) in [6.07, 6.45) is -1.03. The van der Waals surface area contributed by atoms with Crippen LogP contribution >= 0.6 is 0 Å². The van der Waals surface area contributed by atoms with Crippen molar-refractivity contribution in [3.05, 3.63) is 143 Å². The largest absolute Gasteiger partial charge is 0.386 e. The fourth-order valence-corrected chi connectivity index (χ4v) is 4.75. The number of rotatable bonds is 7. The summed E-state index contributed by atoms with van der Waals surface area (Å²) in [6.45, 7) is 0.345. The number of amides is 2. The zero-order chi connectivity index (χ0) is 24.2. The van der Waals surface area contributed by atoms with Gasteiger partial charge in [-0.2, -0.15) is 0 Å². The van der Waals surface area contributed by atoms with Crippen LogP contribution in [-0.4, -0.2) is 21.8 Å². The topological polar surface area (TPSA) is 69.6 Å². The molecule has 2 amide bonds. The molecule has 3 atom stereocenters. The minimum atomic E-state index is -1.03. The minimum absolute atomic E-state index is 0.274. The lowest BCUT2D eigenvalue weighted by Crippen LogP contribution is -2.42. The number of carbonyl (C=O) groups is 2. The van der Waals surface area contributed by atoms with E-state index in [1.54, 1.807) is 12.1 Å². The van der Waals surface area contributed by atoms with E-state index in [2.05, 4.69) is 5.32 Å². The maximum atomic E-state index is 13.8. The third-order valence-electron chi connectivity index (χ3n) is 6.44. The number of hydrogen-bond acceptors (Lipinski definition) is 3. The Morgan fingerprint density at radius 3 is 1.97 bits per heavy atom. The summed E-state index contributed by atoms with van der Waals surface area (Å²) in [7, 11) is 0. The van der Waals surface area contributed by atoms with Crippen LogP contribution in [0.15, 0.2) is 115 Å². The Morgan fingerprint density at radius 2 is 1.31 bits per heavy atom. The highest BCUT2D eigenvalue weighted by Crippen LogP contribution is 2.45. The second-order valence-corrected chi connectivity index (χ2v) is 8.62. The lowest BCUT2D eigenvalue weighted by molar-refractivity contribution is -0.127. The molecule has 1 aliphatic rings. The van der Waals surface area contributed by atoms with Crippen LogP contribution in [0.1, 0.15) is 50.8 Å². The van der Waals surface area contributed by atoms with Gasteiger partial charge >= 0.3 is 0 Å². The maximum absolute atomic E-state index is 13.8. The summed E-state index contributed by atoms with van der Waals surface area (Å²) >= 11 is 0. The fourth-order valence-electron chi connectivity index (χ4n) is 4.75. The molecule has 0 aromatic heterocycles. The van der Waals surface area contributed by atoms with Gasteiger partial charge in [0.2, 0.25) is 5.91 Å².